The number of fused-ring (bicyclic) bond motifs is 1. The molecular weight excluding hydrogens is 541 g/mol. The van der Waals surface area contributed by atoms with Crippen molar-refractivity contribution in [2.24, 2.45) is 0 Å². The molecule has 2 aromatic carbocycles. The zero-order chi connectivity index (χ0) is 27.8. The molecule has 1 saturated heterocycles. The summed E-state index contributed by atoms with van der Waals surface area (Å²) in [4.78, 5) is 32.9. The van der Waals surface area contributed by atoms with Crippen LogP contribution in [0.25, 0.3) is 27.8 Å². The van der Waals surface area contributed by atoms with Gasteiger partial charge in [0.15, 0.2) is 0 Å². The molecule has 1 aliphatic rings. The Bertz CT molecular complexity index is 1760. The number of rotatable bonds is 7. The first-order valence-electron chi connectivity index (χ1n) is 12.7. The van der Waals surface area contributed by atoms with Crippen LogP contribution in [0.1, 0.15) is 47.9 Å². The summed E-state index contributed by atoms with van der Waals surface area (Å²) in [6, 6.07) is 9.87. The van der Waals surface area contributed by atoms with Crippen molar-refractivity contribution < 1.29 is 19.0 Å². The fraction of sp³-hybridized carbons (Fsp3) is 0.259. The average molecular weight is 564 g/mol. The summed E-state index contributed by atoms with van der Waals surface area (Å²) in [5.74, 6) is -1.32. The fourth-order valence-electron chi connectivity index (χ4n) is 5.09. The summed E-state index contributed by atoms with van der Waals surface area (Å²) in [5.41, 5.74) is 1.50. The van der Waals surface area contributed by atoms with Crippen molar-refractivity contribution in [3.8, 4) is 16.8 Å². The number of aromatic carboxylic acids is 1. The number of H-pyrrole nitrogens is 1. The molecule has 1 aliphatic heterocycles. The van der Waals surface area contributed by atoms with Crippen molar-refractivity contribution in [1.29, 1.82) is 0 Å². The van der Waals surface area contributed by atoms with Crippen LogP contribution < -0.4 is 5.56 Å². The van der Waals surface area contributed by atoms with Gasteiger partial charge >= 0.3 is 5.97 Å². The monoisotopic (exact) mass is 563 g/mol. The number of aromatic nitrogens is 7. The van der Waals surface area contributed by atoms with E-state index >= 15 is 4.39 Å². The van der Waals surface area contributed by atoms with Gasteiger partial charge < -0.3 is 19.4 Å². The molecule has 2 N–H and O–H groups in total. The maximum absolute atomic E-state index is 15.9. The van der Waals surface area contributed by atoms with Gasteiger partial charge in [0.2, 0.25) is 0 Å². The Morgan fingerprint density at radius 3 is 2.83 bits per heavy atom. The summed E-state index contributed by atoms with van der Waals surface area (Å²) in [5, 5.41) is 20.9. The van der Waals surface area contributed by atoms with Gasteiger partial charge in [0, 0.05) is 41.4 Å². The van der Waals surface area contributed by atoms with E-state index in [1.807, 2.05) is 0 Å². The van der Waals surface area contributed by atoms with Crippen molar-refractivity contribution in [1.82, 2.24) is 34.7 Å². The lowest BCUT2D eigenvalue weighted by Crippen LogP contribution is -2.31. The Morgan fingerprint density at radius 2 is 2.08 bits per heavy atom. The minimum absolute atomic E-state index is 0.0395. The van der Waals surface area contributed by atoms with Gasteiger partial charge in [0.25, 0.3) is 5.56 Å². The average Bonchev–Trinajstić information content (AvgIpc) is 3.63. The maximum Gasteiger partial charge on any atom is 0.335 e. The quantitative estimate of drug-likeness (QED) is 0.297. The number of nitrogens with zero attached hydrogens (tertiary/aromatic N) is 6. The molecule has 11 nitrogen and oxygen atoms in total. The van der Waals surface area contributed by atoms with Crippen molar-refractivity contribution >= 4 is 28.6 Å². The van der Waals surface area contributed by atoms with Crippen LogP contribution in [0.15, 0.2) is 59.8 Å². The van der Waals surface area contributed by atoms with E-state index < -0.39 is 23.4 Å². The number of hydrogen-bond donors (Lipinski definition) is 2. The zero-order valence-corrected chi connectivity index (χ0v) is 21.8. The summed E-state index contributed by atoms with van der Waals surface area (Å²) < 4.78 is 24.5. The molecule has 204 valence electrons. The predicted octanol–water partition coefficient (Wildman–Crippen LogP) is 4.41. The lowest BCUT2D eigenvalue weighted by Gasteiger charge is -2.27. The molecule has 0 bridgehead atoms. The molecule has 2 unspecified atom stereocenters. The smallest absolute Gasteiger partial charge is 0.335 e. The van der Waals surface area contributed by atoms with Gasteiger partial charge in [0.1, 0.15) is 18.0 Å². The molecule has 0 amide bonds. The van der Waals surface area contributed by atoms with Gasteiger partial charge in [0.05, 0.1) is 34.4 Å². The molecule has 0 spiro atoms. The first kappa shape index (κ1) is 25.8. The highest BCUT2D eigenvalue weighted by Gasteiger charge is 2.27. The van der Waals surface area contributed by atoms with E-state index in [0.717, 1.165) is 25.5 Å². The van der Waals surface area contributed by atoms with E-state index in [2.05, 4.69) is 25.5 Å². The first-order chi connectivity index (χ1) is 19.4. The second kappa shape index (κ2) is 10.6. The van der Waals surface area contributed by atoms with E-state index in [1.165, 1.54) is 33.8 Å². The lowest BCUT2D eigenvalue weighted by atomic mass is 10.00. The normalized spacial score (nSPS) is 16.3. The molecule has 0 saturated carbocycles. The van der Waals surface area contributed by atoms with Crippen LogP contribution in [0.4, 0.5) is 4.39 Å². The first-order valence-corrected chi connectivity index (χ1v) is 13.0. The third-order valence-electron chi connectivity index (χ3n) is 7.04. The van der Waals surface area contributed by atoms with Gasteiger partial charge in [-0.25, -0.2) is 14.2 Å². The Hall–Kier alpha value is -4.42. The molecule has 1 fully saturated rings. The second-order valence-corrected chi connectivity index (χ2v) is 10.0. The Kier molecular flexibility index (Phi) is 6.86. The Morgan fingerprint density at radius 1 is 1.20 bits per heavy atom. The summed E-state index contributed by atoms with van der Waals surface area (Å²) >= 11 is 6.23. The summed E-state index contributed by atoms with van der Waals surface area (Å²) in [7, 11) is 0. The number of tetrazole rings is 1. The molecule has 13 heteroatoms. The maximum atomic E-state index is 15.9. The number of nitrogens with one attached hydrogen (secondary N) is 1. The minimum atomic E-state index is -1.07. The molecule has 0 radical (unpaired) electrons. The molecule has 5 aromatic rings. The topological polar surface area (TPSA) is 141 Å². The SMILES string of the molecule is O=C(O)c1ccc2nc(C(CC3CCCCO3)n3cc(F)c(-c4cc(Cl)ccc4-n4cnnn4)cc3=O)[nH]c2c1. The molecule has 2 atom stereocenters. The van der Waals surface area contributed by atoms with Crippen LogP contribution in [0.2, 0.25) is 5.02 Å². The van der Waals surface area contributed by atoms with Crippen molar-refractivity contribution in [2.75, 3.05) is 6.61 Å². The van der Waals surface area contributed by atoms with Crippen molar-refractivity contribution in [3.63, 3.8) is 0 Å². The van der Waals surface area contributed by atoms with Gasteiger partial charge in [-0.3, -0.25) is 4.79 Å². The van der Waals surface area contributed by atoms with Gasteiger partial charge in [-0.15, -0.1) is 5.10 Å². The number of carbonyl (C=O) groups is 1. The zero-order valence-electron chi connectivity index (χ0n) is 21.0. The fourth-order valence-corrected chi connectivity index (χ4v) is 5.26. The number of hydrogen-bond acceptors (Lipinski definition) is 7. The number of ether oxygens (including phenoxy) is 1. The third kappa shape index (κ3) is 4.98. The molecule has 0 aliphatic carbocycles. The van der Waals surface area contributed by atoms with E-state index in [-0.39, 0.29) is 17.2 Å². The molecule has 6 rings (SSSR count). The van der Waals surface area contributed by atoms with E-state index in [1.54, 1.807) is 24.3 Å². The highest BCUT2D eigenvalue weighted by Crippen LogP contribution is 2.32. The Labute approximate surface area is 231 Å². The van der Waals surface area contributed by atoms with Crippen LogP contribution in [0.3, 0.4) is 0 Å². The molecule has 40 heavy (non-hydrogen) atoms. The predicted molar refractivity (Wildman–Crippen MR) is 143 cm³/mol. The van der Waals surface area contributed by atoms with E-state index in [4.69, 9.17) is 16.3 Å². The van der Waals surface area contributed by atoms with Crippen LogP contribution in [0, 0.1) is 5.82 Å². The number of halogens is 2. The van der Waals surface area contributed by atoms with Crippen molar-refractivity contribution in [2.45, 2.75) is 37.8 Å². The van der Waals surface area contributed by atoms with Crippen molar-refractivity contribution in [3.05, 3.63) is 87.6 Å². The number of pyridine rings is 1. The summed E-state index contributed by atoms with van der Waals surface area (Å²) in [6.07, 6.45) is 5.47. The highest BCUT2D eigenvalue weighted by molar-refractivity contribution is 6.31. The molecule has 4 heterocycles. The number of benzene rings is 2. The van der Waals surface area contributed by atoms with E-state index in [0.29, 0.717) is 46.2 Å². The number of carboxylic acid groups (broad SMARTS) is 1. The summed E-state index contributed by atoms with van der Waals surface area (Å²) in [6.45, 7) is 0.608. The number of aromatic amines is 1. The Balaban J connectivity index is 1.46. The largest absolute Gasteiger partial charge is 0.478 e. The lowest BCUT2D eigenvalue weighted by molar-refractivity contribution is 0.00460. The van der Waals surface area contributed by atoms with Gasteiger partial charge in [-0.05, 0) is 66.1 Å². The number of imidazole rings is 1. The van der Waals surface area contributed by atoms with Crippen LogP contribution in [0.5, 0.6) is 0 Å². The molecule has 3 aromatic heterocycles. The minimum Gasteiger partial charge on any atom is -0.478 e. The second-order valence-electron chi connectivity index (χ2n) is 9.60. The third-order valence-corrected chi connectivity index (χ3v) is 7.27. The van der Waals surface area contributed by atoms with Crippen LogP contribution >= 0.6 is 11.6 Å². The standard InChI is InChI=1S/C27H23ClFN7O4/c28-16-5-7-23(36-14-30-33-34-36)19(10-16)18-12-25(37)35(13-20(18)29)24(11-17-3-1-2-8-40-17)26-31-21-6-4-15(27(38)39)9-22(21)32-26/h4-7,9-10,12-14,17,24H,1-3,8,11H2,(H,31,32)(H,38,39). The van der Waals surface area contributed by atoms with Crippen LogP contribution in [-0.4, -0.2) is 58.5 Å². The van der Waals surface area contributed by atoms with Crippen LogP contribution in [-0.2, 0) is 4.74 Å². The van der Waals surface area contributed by atoms with Gasteiger partial charge in [-0.1, -0.05) is 11.6 Å². The van der Waals surface area contributed by atoms with Gasteiger partial charge in [-0.2, -0.15) is 4.68 Å². The highest BCUT2D eigenvalue weighted by atomic mass is 35.5. The number of carboxylic acids is 1. The van der Waals surface area contributed by atoms with E-state index in [9.17, 15) is 14.7 Å². The molecular formula is C27H23ClFN7O4.